The third kappa shape index (κ3) is 3.00. The van der Waals surface area contributed by atoms with E-state index in [1.807, 2.05) is 20.8 Å². The second kappa shape index (κ2) is 4.96. The normalized spacial score (nSPS) is 10.5. The Morgan fingerprint density at radius 3 is 2.71 bits per heavy atom. The third-order valence-corrected chi connectivity index (χ3v) is 2.21. The third-order valence-electron chi connectivity index (χ3n) is 2.21. The second-order valence-corrected chi connectivity index (χ2v) is 3.69. The van der Waals surface area contributed by atoms with Gasteiger partial charge < -0.3 is 9.84 Å². The van der Waals surface area contributed by atoms with E-state index in [0.29, 0.717) is 0 Å². The number of aromatic nitrogens is 1. The second-order valence-electron chi connectivity index (χ2n) is 3.69. The van der Waals surface area contributed by atoms with Crippen LogP contribution in [0, 0.1) is 13.8 Å². The monoisotopic (exact) mass is 194 g/mol. The van der Waals surface area contributed by atoms with Crippen molar-refractivity contribution in [3.05, 3.63) is 29.2 Å². The molecular formula is C11H18N2O. The summed E-state index contributed by atoms with van der Waals surface area (Å²) in [6.07, 6.45) is 1.02. The standard InChI is InChI=1S/C11H18N2O/c1-8(2)5-6-12-7-11-9(3)13-14-10(11)4/h12H,1,5-7H2,2-4H3. The van der Waals surface area contributed by atoms with Crippen LogP contribution in [0.3, 0.4) is 0 Å². The van der Waals surface area contributed by atoms with E-state index in [-0.39, 0.29) is 0 Å². The average Bonchev–Trinajstić information content (AvgIpc) is 2.42. The molecule has 0 bridgehead atoms. The van der Waals surface area contributed by atoms with Crippen LogP contribution in [0.5, 0.6) is 0 Å². The Hall–Kier alpha value is -1.09. The van der Waals surface area contributed by atoms with Gasteiger partial charge in [-0.25, -0.2) is 0 Å². The maximum Gasteiger partial charge on any atom is 0.138 e. The molecule has 0 aromatic carbocycles. The van der Waals surface area contributed by atoms with E-state index in [2.05, 4.69) is 17.1 Å². The molecule has 0 saturated carbocycles. The minimum Gasteiger partial charge on any atom is -0.361 e. The SMILES string of the molecule is C=C(C)CCNCc1c(C)noc1C. The Kier molecular flexibility index (Phi) is 3.89. The molecule has 0 amide bonds. The summed E-state index contributed by atoms with van der Waals surface area (Å²) in [4.78, 5) is 0. The first kappa shape index (κ1) is 11.0. The van der Waals surface area contributed by atoms with Crippen molar-refractivity contribution in [3.63, 3.8) is 0 Å². The molecule has 14 heavy (non-hydrogen) atoms. The van der Waals surface area contributed by atoms with Crippen molar-refractivity contribution in [2.45, 2.75) is 33.7 Å². The van der Waals surface area contributed by atoms with Gasteiger partial charge in [-0.15, -0.1) is 6.58 Å². The van der Waals surface area contributed by atoms with E-state index < -0.39 is 0 Å². The van der Waals surface area contributed by atoms with Gasteiger partial charge in [0.1, 0.15) is 5.76 Å². The van der Waals surface area contributed by atoms with Crippen LogP contribution in [0.25, 0.3) is 0 Å². The molecule has 1 aromatic heterocycles. The summed E-state index contributed by atoms with van der Waals surface area (Å²) in [6, 6.07) is 0. The maximum atomic E-state index is 5.07. The lowest BCUT2D eigenvalue weighted by molar-refractivity contribution is 0.392. The largest absolute Gasteiger partial charge is 0.361 e. The lowest BCUT2D eigenvalue weighted by atomic mass is 10.2. The Balaban J connectivity index is 2.34. The highest BCUT2D eigenvalue weighted by Crippen LogP contribution is 2.11. The van der Waals surface area contributed by atoms with Gasteiger partial charge in [0.05, 0.1) is 5.69 Å². The summed E-state index contributed by atoms with van der Waals surface area (Å²) in [5.41, 5.74) is 3.35. The van der Waals surface area contributed by atoms with E-state index in [4.69, 9.17) is 4.52 Å². The summed E-state index contributed by atoms with van der Waals surface area (Å²) < 4.78 is 5.07. The van der Waals surface area contributed by atoms with Gasteiger partial charge in [-0.1, -0.05) is 10.7 Å². The van der Waals surface area contributed by atoms with E-state index in [1.54, 1.807) is 0 Å². The number of aryl methyl sites for hydroxylation is 2. The topological polar surface area (TPSA) is 38.1 Å². The molecule has 0 atom stereocenters. The van der Waals surface area contributed by atoms with Crippen LogP contribution in [-0.4, -0.2) is 11.7 Å². The Bertz CT molecular complexity index is 296. The van der Waals surface area contributed by atoms with Crippen molar-refractivity contribution >= 4 is 0 Å². The molecule has 0 fully saturated rings. The number of hydrogen-bond acceptors (Lipinski definition) is 3. The Morgan fingerprint density at radius 2 is 2.21 bits per heavy atom. The molecule has 1 aromatic rings. The van der Waals surface area contributed by atoms with E-state index in [1.165, 1.54) is 11.1 Å². The lowest BCUT2D eigenvalue weighted by Gasteiger charge is -2.03. The lowest BCUT2D eigenvalue weighted by Crippen LogP contribution is -2.15. The van der Waals surface area contributed by atoms with Gasteiger partial charge in [-0.05, 0) is 33.7 Å². The first-order valence-electron chi connectivity index (χ1n) is 4.88. The Labute approximate surface area is 85.2 Å². The summed E-state index contributed by atoms with van der Waals surface area (Å²) >= 11 is 0. The molecule has 0 saturated heterocycles. The predicted molar refractivity (Wildman–Crippen MR) is 57.1 cm³/mol. The number of hydrogen-bond donors (Lipinski definition) is 1. The zero-order valence-electron chi connectivity index (χ0n) is 9.18. The smallest absolute Gasteiger partial charge is 0.138 e. The molecule has 1 N–H and O–H groups in total. The predicted octanol–water partition coefficient (Wildman–Crippen LogP) is 2.35. The summed E-state index contributed by atoms with van der Waals surface area (Å²) in [5, 5.41) is 7.24. The maximum absolute atomic E-state index is 5.07. The molecule has 0 spiro atoms. The number of rotatable bonds is 5. The van der Waals surface area contributed by atoms with E-state index >= 15 is 0 Å². The van der Waals surface area contributed by atoms with Crippen molar-refractivity contribution in [3.8, 4) is 0 Å². The first-order chi connectivity index (χ1) is 6.61. The molecule has 0 aliphatic carbocycles. The van der Waals surface area contributed by atoms with Gasteiger partial charge in [0.2, 0.25) is 0 Å². The molecule has 3 heteroatoms. The van der Waals surface area contributed by atoms with Crippen molar-refractivity contribution in [1.82, 2.24) is 10.5 Å². The van der Waals surface area contributed by atoms with Crippen molar-refractivity contribution in [2.75, 3.05) is 6.54 Å². The van der Waals surface area contributed by atoms with Gasteiger partial charge in [0.25, 0.3) is 0 Å². The van der Waals surface area contributed by atoms with E-state index in [0.717, 1.165) is 31.0 Å². The molecular weight excluding hydrogens is 176 g/mol. The van der Waals surface area contributed by atoms with Crippen LogP contribution in [-0.2, 0) is 6.54 Å². The van der Waals surface area contributed by atoms with Gasteiger partial charge in [0.15, 0.2) is 0 Å². The van der Waals surface area contributed by atoms with Crippen molar-refractivity contribution in [2.24, 2.45) is 0 Å². The summed E-state index contributed by atoms with van der Waals surface area (Å²) in [7, 11) is 0. The number of nitrogens with zero attached hydrogens (tertiary/aromatic N) is 1. The van der Waals surface area contributed by atoms with Crippen LogP contribution in [0.2, 0.25) is 0 Å². The Morgan fingerprint density at radius 1 is 1.50 bits per heavy atom. The zero-order valence-corrected chi connectivity index (χ0v) is 9.18. The fourth-order valence-corrected chi connectivity index (χ4v) is 1.27. The van der Waals surface area contributed by atoms with Crippen molar-refractivity contribution < 1.29 is 4.52 Å². The fourth-order valence-electron chi connectivity index (χ4n) is 1.27. The van der Waals surface area contributed by atoms with Crippen LogP contribution in [0.1, 0.15) is 30.4 Å². The zero-order chi connectivity index (χ0) is 10.6. The molecule has 3 nitrogen and oxygen atoms in total. The van der Waals surface area contributed by atoms with E-state index in [9.17, 15) is 0 Å². The highest BCUT2D eigenvalue weighted by Gasteiger charge is 2.07. The average molecular weight is 194 g/mol. The molecule has 0 radical (unpaired) electrons. The van der Waals surface area contributed by atoms with Gasteiger partial charge >= 0.3 is 0 Å². The molecule has 0 aliphatic rings. The molecule has 1 rings (SSSR count). The van der Waals surface area contributed by atoms with Crippen molar-refractivity contribution in [1.29, 1.82) is 0 Å². The van der Waals surface area contributed by atoms with Crippen LogP contribution < -0.4 is 5.32 Å². The molecule has 0 unspecified atom stereocenters. The quantitative estimate of drug-likeness (QED) is 0.577. The highest BCUT2D eigenvalue weighted by atomic mass is 16.5. The minimum atomic E-state index is 0.828. The molecule has 1 heterocycles. The summed E-state index contributed by atoms with van der Waals surface area (Å²) in [6.45, 7) is 11.6. The van der Waals surface area contributed by atoms with Gasteiger partial charge in [-0.3, -0.25) is 0 Å². The molecule has 78 valence electrons. The number of nitrogens with one attached hydrogen (secondary N) is 1. The fraction of sp³-hybridized carbons (Fsp3) is 0.545. The first-order valence-corrected chi connectivity index (χ1v) is 4.88. The molecule has 0 aliphatic heterocycles. The van der Waals surface area contributed by atoms with Crippen LogP contribution >= 0.6 is 0 Å². The highest BCUT2D eigenvalue weighted by molar-refractivity contribution is 5.20. The van der Waals surface area contributed by atoms with Gasteiger partial charge in [0, 0.05) is 12.1 Å². The summed E-state index contributed by atoms with van der Waals surface area (Å²) in [5.74, 6) is 0.908. The van der Waals surface area contributed by atoms with Crippen LogP contribution in [0.4, 0.5) is 0 Å². The van der Waals surface area contributed by atoms with Crippen LogP contribution in [0.15, 0.2) is 16.7 Å². The minimum absolute atomic E-state index is 0.828. The van der Waals surface area contributed by atoms with Gasteiger partial charge in [-0.2, -0.15) is 0 Å².